The maximum Gasteiger partial charge on any atom is 0.305 e. The normalized spacial score (nSPS) is 30.1. The third-order valence-corrected chi connectivity index (χ3v) is 5.29. The quantitative estimate of drug-likeness (QED) is 0.324. The first-order valence-corrected chi connectivity index (χ1v) is 8.97. The molecule has 3 aliphatic rings. The number of rotatable bonds is 4. The van der Waals surface area contributed by atoms with E-state index in [1.54, 1.807) is 24.3 Å². The third kappa shape index (κ3) is 2.63. The molecule has 0 aromatic heterocycles. The number of fused-ring (bicyclic) bond motifs is 5. The molecule has 0 radical (unpaired) electrons. The van der Waals surface area contributed by atoms with E-state index in [1.165, 1.54) is 12.1 Å². The number of ether oxygens (including phenoxy) is 3. The SMILES string of the molecule is CC(=O)OC(OC(C)=O)[C@]12C=C[C@H](O1)[C@H]1C(=O)N(c3cccc(Cl)c3)C(=O)[C@@H]12. The van der Waals surface area contributed by atoms with E-state index in [9.17, 15) is 19.2 Å². The number of halogens is 1. The van der Waals surface area contributed by atoms with E-state index in [0.717, 1.165) is 18.7 Å². The van der Waals surface area contributed by atoms with Crippen molar-refractivity contribution in [3.05, 3.63) is 41.4 Å². The Bertz CT molecular complexity index is 913. The number of hydrogen-bond donors (Lipinski definition) is 0. The van der Waals surface area contributed by atoms with Crippen molar-refractivity contribution < 1.29 is 33.4 Å². The van der Waals surface area contributed by atoms with Crippen LogP contribution < -0.4 is 4.90 Å². The molecular weight excluding hydrogens is 390 g/mol. The van der Waals surface area contributed by atoms with E-state index in [1.807, 2.05) is 0 Å². The molecule has 0 aliphatic carbocycles. The van der Waals surface area contributed by atoms with Gasteiger partial charge in [0.15, 0.2) is 5.60 Å². The highest BCUT2D eigenvalue weighted by Gasteiger charge is 2.72. The number of carbonyl (C=O) groups excluding carboxylic acids is 4. The van der Waals surface area contributed by atoms with E-state index in [0.29, 0.717) is 10.7 Å². The summed E-state index contributed by atoms with van der Waals surface area (Å²) in [5, 5.41) is 0.375. The lowest BCUT2D eigenvalue weighted by molar-refractivity contribution is -0.226. The number of esters is 2. The Morgan fingerprint density at radius 2 is 1.86 bits per heavy atom. The van der Waals surface area contributed by atoms with Crippen LogP contribution in [0, 0.1) is 11.8 Å². The summed E-state index contributed by atoms with van der Waals surface area (Å²) in [6.07, 6.45) is 0.963. The molecule has 146 valence electrons. The Morgan fingerprint density at radius 3 is 2.46 bits per heavy atom. The minimum atomic E-state index is -1.56. The standard InChI is InChI=1S/C19H16ClNO7/c1-9(22)26-18(27-10(2)23)19-7-6-13(28-19)14-15(19)17(25)21(16(14)24)12-5-3-4-11(20)8-12/h3-8,13-15,18H,1-2H3/t13-,14+,15+,19+/m0/s1. The predicted octanol–water partition coefficient (Wildman–Crippen LogP) is 1.61. The number of benzene rings is 1. The number of carbonyl (C=O) groups is 4. The van der Waals surface area contributed by atoms with Gasteiger partial charge < -0.3 is 14.2 Å². The van der Waals surface area contributed by atoms with Crippen molar-refractivity contribution in [1.82, 2.24) is 0 Å². The molecule has 4 rings (SSSR count). The first kappa shape index (κ1) is 18.6. The van der Waals surface area contributed by atoms with Crippen molar-refractivity contribution in [3.63, 3.8) is 0 Å². The number of hydrogen-bond acceptors (Lipinski definition) is 7. The lowest BCUT2D eigenvalue weighted by Crippen LogP contribution is -2.52. The highest BCUT2D eigenvalue weighted by atomic mass is 35.5. The Hall–Kier alpha value is -2.71. The van der Waals surface area contributed by atoms with Gasteiger partial charge in [-0.15, -0.1) is 0 Å². The van der Waals surface area contributed by atoms with Crippen molar-refractivity contribution in [2.24, 2.45) is 11.8 Å². The zero-order valence-electron chi connectivity index (χ0n) is 15.0. The van der Waals surface area contributed by atoms with Gasteiger partial charge in [-0.2, -0.15) is 0 Å². The Balaban J connectivity index is 1.75. The molecule has 4 atom stereocenters. The molecule has 9 heteroatoms. The molecule has 2 bridgehead atoms. The summed E-state index contributed by atoms with van der Waals surface area (Å²) in [4.78, 5) is 50.5. The molecule has 3 heterocycles. The van der Waals surface area contributed by atoms with E-state index in [4.69, 9.17) is 25.8 Å². The van der Waals surface area contributed by atoms with Gasteiger partial charge in [-0.1, -0.05) is 23.7 Å². The number of amides is 2. The molecule has 2 fully saturated rings. The topological polar surface area (TPSA) is 99.2 Å². The van der Waals surface area contributed by atoms with E-state index in [2.05, 4.69) is 0 Å². The second-order valence-corrected chi connectivity index (χ2v) is 7.28. The van der Waals surface area contributed by atoms with Gasteiger partial charge >= 0.3 is 11.9 Å². The summed E-state index contributed by atoms with van der Waals surface area (Å²) in [5.74, 6) is -4.23. The molecule has 8 nitrogen and oxygen atoms in total. The third-order valence-electron chi connectivity index (χ3n) is 5.06. The average molecular weight is 406 g/mol. The second-order valence-electron chi connectivity index (χ2n) is 6.84. The summed E-state index contributed by atoms with van der Waals surface area (Å²) in [6, 6.07) is 6.37. The smallest absolute Gasteiger partial charge is 0.305 e. The van der Waals surface area contributed by atoms with Gasteiger partial charge in [-0.05, 0) is 24.3 Å². The predicted molar refractivity (Wildman–Crippen MR) is 95.0 cm³/mol. The molecule has 0 unspecified atom stereocenters. The number of nitrogens with zero attached hydrogens (tertiary/aromatic N) is 1. The molecule has 2 saturated heterocycles. The van der Waals surface area contributed by atoms with Crippen LogP contribution in [0.15, 0.2) is 36.4 Å². The van der Waals surface area contributed by atoms with Crippen molar-refractivity contribution in [1.29, 1.82) is 0 Å². The highest BCUT2D eigenvalue weighted by Crippen LogP contribution is 2.54. The van der Waals surface area contributed by atoms with E-state index in [-0.39, 0.29) is 0 Å². The van der Waals surface area contributed by atoms with Crippen LogP contribution >= 0.6 is 11.6 Å². The number of imide groups is 1. The highest BCUT2D eigenvalue weighted by molar-refractivity contribution is 6.31. The molecule has 28 heavy (non-hydrogen) atoms. The molecule has 0 N–H and O–H groups in total. The van der Waals surface area contributed by atoms with Crippen molar-refractivity contribution in [2.75, 3.05) is 4.90 Å². The molecule has 3 aliphatic heterocycles. The van der Waals surface area contributed by atoms with Crippen LogP contribution in [-0.2, 0) is 33.4 Å². The first-order chi connectivity index (χ1) is 13.2. The Kier molecular flexibility index (Phi) is 4.28. The van der Waals surface area contributed by atoms with Gasteiger partial charge in [-0.3, -0.25) is 19.2 Å². The molecule has 0 saturated carbocycles. The van der Waals surface area contributed by atoms with Crippen molar-refractivity contribution in [2.45, 2.75) is 31.8 Å². The Morgan fingerprint density at radius 1 is 1.18 bits per heavy atom. The summed E-state index contributed by atoms with van der Waals surface area (Å²) in [7, 11) is 0. The molecule has 1 aromatic carbocycles. The van der Waals surface area contributed by atoms with E-state index < -0.39 is 53.6 Å². The average Bonchev–Trinajstić information content (AvgIpc) is 3.25. The van der Waals surface area contributed by atoms with Gasteiger partial charge in [0.1, 0.15) is 0 Å². The summed E-state index contributed by atoms with van der Waals surface area (Å²) < 4.78 is 16.2. The molecule has 0 spiro atoms. The monoisotopic (exact) mass is 405 g/mol. The zero-order chi connectivity index (χ0) is 20.2. The van der Waals surface area contributed by atoms with Gasteiger partial charge in [-0.25, -0.2) is 4.90 Å². The van der Waals surface area contributed by atoms with Crippen LogP contribution in [-0.4, -0.2) is 41.7 Å². The summed E-state index contributed by atoms with van der Waals surface area (Å²) in [5.41, 5.74) is -1.23. The van der Waals surface area contributed by atoms with Crippen LogP contribution in [0.3, 0.4) is 0 Å². The van der Waals surface area contributed by atoms with Crippen LogP contribution in [0.5, 0.6) is 0 Å². The fourth-order valence-electron chi connectivity index (χ4n) is 4.09. The minimum Gasteiger partial charge on any atom is -0.422 e. The molecular formula is C19H16ClNO7. The first-order valence-electron chi connectivity index (χ1n) is 8.59. The second kappa shape index (κ2) is 6.42. The van der Waals surface area contributed by atoms with Gasteiger partial charge in [0.05, 0.1) is 23.6 Å². The number of anilines is 1. The molecule has 2 amide bonds. The van der Waals surface area contributed by atoms with Gasteiger partial charge in [0.2, 0.25) is 11.8 Å². The molecule has 1 aromatic rings. The van der Waals surface area contributed by atoms with Crippen molar-refractivity contribution >= 4 is 41.0 Å². The van der Waals surface area contributed by atoms with Gasteiger partial charge in [0.25, 0.3) is 6.29 Å². The van der Waals surface area contributed by atoms with Crippen LogP contribution in [0.4, 0.5) is 5.69 Å². The largest absolute Gasteiger partial charge is 0.422 e. The van der Waals surface area contributed by atoms with E-state index >= 15 is 0 Å². The van der Waals surface area contributed by atoms with Crippen molar-refractivity contribution in [3.8, 4) is 0 Å². The van der Waals surface area contributed by atoms with Crippen LogP contribution in [0.2, 0.25) is 5.02 Å². The lowest BCUT2D eigenvalue weighted by atomic mass is 9.76. The zero-order valence-corrected chi connectivity index (χ0v) is 15.7. The Labute approximate surface area is 165 Å². The van der Waals surface area contributed by atoms with Crippen LogP contribution in [0.1, 0.15) is 13.8 Å². The maximum atomic E-state index is 13.2. The van der Waals surface area contributed by atoms with Crippen LogP contribution in [0.25, 0.3) is 0 Å². The summed E-state index contributed by atoms with van der Waals surface area (Å²) >= 11 is 6.00. The maximum absolute atomic E-state index is 13.2. The van der Waals surface area contributed by atoms with Gasteiger partial charge in [0, 0.05) is 18.9 Å². The minimum absolute atomic E-state index is 0.336. The fraction of sp³-hybridized carbons (Fsp3) is 0.368. The fourth-order valence-corrected chi connectivity index (χ4v) is 4.27. The lowest BCUT2D eigenvalue weighted by Gasteiger charge is -2.34. The summed E-state index contributed by atoms with van der Waals surface area (Å²) in [6.45, 7) is 2.30.